The van der Waals surface area contributed by atoms with Gasteiger partial charge in [0.1, 0.15) is 5.82 Å². The number of hydrogen-bond donors (Lipinski definition) is 3. The van der Waals surface area contributed by atoms with Crippen molar-refractivity contribution in [1.82, 2.24) is 16.2 Å². The normalized spacial score (nSPS) is 23.6. The van der Waals surface area contributed by atoms with Crippen molar-refractivity contribution in [2.75, 3.05) is 6.54 Å². The van der Waals surface area contributed by atoms with Crippen LogP contribution < -0.4 is 16.2 Å². The van der Waals surface area contributed by atoms with Crippen LogP contribution in [0.15, 0.2) is 24.3 Å². The molecule has 1 saturated heterocycles. The third-order valence-corrected chi connectivity index (χ3v) is 3.00. The molecule has 92 valence electrons. The van der Waals surface area contributed by atoms with E-state index >= 15 is 0 Å². The SMILES string of the molecule is CC1NNCC1C(=O)NCc1ccccc1F. The Bertz CT molecular complexity index is 410. The van der Waals surface area contributed by atoms with Gasteiger partial charge in [-0.2, -0.15) is 0 Å². The van der Waals surface area contributed by atoms with Gasteiger partial charge in [0.2, 0.25) is 5.91 Å². The first-order valence-corrected chi connectivity index (χ1v) is 5.68. The van der Waals surface area contributed by atoms with E-state index in [1.807, 2.05) is 6.92 Å². The van der Waals surface area contributed by atoms with Crippen molar-refractivity contribution in [3.8, 4) is 0 Å². The smallest absolute Gasteiger partial charge is 0.226 e. The molecule has 1 heterocycles. The number of carbonyl (C=O) groups is 1. The Labute approximate surface area is 99.6 Å². The van der Waals surface area contributed by atoms with Crippen LogP contribution in [0.2, 0.25) is 0 Å². The van der Waals surface area contributed by atoms with Crippen molar-refractivity contribution < 1.29 is 9.18 Å². The second-order valence-electron chi connectivity index (χ2n) is 4.23. The van der Waals surface area contributed by atoms with Crippen LogP contribution in [0.4, 0.5) is 4.39 Å². The van der Waals surface area contributed by atoms with Gasteiger partial charge in [0, 0.05) is 24.7 Å². The molecule has 0 aromatic heterocycles. The summed E-state index contributed by atoms with van der Waals surface area (Å²) >= 11 is 0. The van der Waals surface area contributed by atoms with E-state index in [9.17, 15) is 9.18 Å². The van der Waals surface area contributed by atoms with Gasteiger partial charge in [-0.25, -0.2) is 4.39 Å². The van der Waals surface area contributed by atoms with E-state index in [1.54, 1.807) is 18.2 Å². The largest absolute Gasteiger partial charge is 0.352 e. The summed E-state index contributed by atoms with van der Waals surface area (Å²) in [7, 11) is 0. The summed E-state index contributed by atoms with van der Waals surface area (Å²) in [6, 6.07) is 6.54. The van der Waals surface area contributed by atoms with Gasteiger partial charge in [0.05, 0.1) is 5.92 Å². The van der Waals surface area contributed by atoms with Crippen molar-refractivity contribution in [3.63, 3.8) is 0 Å². The van der Waals surface area contributed by atoms with Gasteiger partial charge < -0.3 is 5.32 Å². The Morgan fingerprint density at radius 2 is 2.29 bits per heavy atom. The van der Waals surface area contributed by atoms with E-state index in [0.29, 0.717) is 12.1 Å². The van der Waals surface area contributed by atoms with Gasteiger partial charge >= 0.3 is 0 Å². The molecule has 1 fully saturated rings. The molecule has 2 rings (SSSR count). The zero-order valence-electron chi connectivity index (χ0n) is 9.66. The average molecular weight is 237 g/mol. The highest BCUT2D eigenvalue weighted by atomic mass is 19.1. The molecule has 0 saturated carbocycles. The van der Waals surface area contributed by atoms with E-state index in [2.05, 4.69) is 16.2 Å². The van der Waals surface area contributed by atoms with E-state index in [1.165, 1.54) is 6.07 Å². The molecule has 2 unspecified atom stereocenters. The first kappa shape index (κ1) is 12.0. The molecule has 0 aliphatic carbocycles. The lowest BCUT2D eigenvalue weighted by Crippen LogP contribution is -2.37. The highest BCUT2D eigenvalue weighted by Crippen LogP contribution is 2.09. The summed E-state index contributed by atoms with van der Waals surface area (Å²) < 4.78 is 13.3. The van der Waals surface area contributed by atoms with Crippen LogP contribution in [0.25, 0.3) is 0 Å². The van der Waals surface area contributed by atoms with Gasteiger partial charge in [0.25, 0.3) is 0 Å². The number of benzene rings is 1. The number of hydrazine groups is 1. The molecule has 0 spiro atoms. The minimum Gasteiger partial charge on any atom is -0.352 e. The second-order valence-corrected chi connectivity index (χ2v) is 4.23. The van der Waals surface area contributed by atoms with Crippen LogP contribution in [0, 0.1) is 11.7 Å². The van der Waals surface area contributed by atoms with Gasteiger partial charge in [-0.3, -0.25) is 15.6 Å². The molecule has 17 heavy (non-hydrogen) atoms. The minimum atomic E-state index is -0.288. The van der Waals surface area contributed by atoms with E-state index < -0.39 is 0 Å². The van der Waals surface area contributed by atoms with Gasteiger partial charge in [-0.1, -0.05) is 18.2 Å². The highest BCUT2D eigenvalue weighted by Gasteiger charge is 2.29. The number of amides is 1. The number of hydrogen-bond acceptors (Lipinski definition) is 3. The molecule has 1 aromatic carbocycles. The third kappa shape index (κ3) is 2.81. The summed E-state index contributed by atoms with van der Waals surface area (Å²) in [5.41, 5.74) is 6.41. The van der Waals surface area contributed by atoms with Crippen LogP contribution in [-0.2, 0) is 11.3 Å². The summed E-state index contributed by atoms with van der Waals surface area (Å²) in [6.45, 7) is 2.77. The van der Waals surface area contributed by atoms with E-state index in [4.69, 9.17) is 0 Å². The standard InChI is InChI=1S/C12H16FN3O/c1-8-10(7-15-16-8)12(17)14-6-9-4-2-3-5-11(9)13/h2-5,8,10,15-16H,6-7H2,1H3,(H,14,17). The maximum Gasteiger partial charge on any atom is 0.226 e. The summed E-state index contributed by atoms with van der Waals surface area (Å²) in [4.78, 5) is 11.8. The molecule has 0 radical (unpaired) electrons. The minimum absolute atomic E-state index is 0.0572. The Morgan fingerprint density at radius 1 is 1.53 bits per heavy atom. The Balaban J connectivity index is 1.90. The van der Waals surface area contributed by atoms with Crippen molar-refractivity contribution in [2.24, 2.45) is 5.92 Å². The van der Waals surface area contributed by atoms with E-state index in [0.717, 1.165) is 0 Å². The quantitative estimate of drug-likeness (QED) is 0.720. The Morgan fingerprint density at radius 3 is 2.94 bits per heavy atom. The zero-order valence-corrected chi connectivity index (χ0v) is 9.66. The predicted octanol–water partition coefficient (Wildman–Crippen LogP) is 0.554. The van der Waals surface area contributed by atoms with Crippen LogP contribution in [0.1, 0.15) is 12.5 Å². The fourth-order valence-electron chi connectivity index (χ4n) is 1.88. The van der Waals surface area contributed by atoms with Crippen LogP contribution in [-0.4, -0.2) is 18.5 Å². The monoisotopic (exact) mass is 237 g/mol. The number of nitrogens with one attached hydrogen (secondary N) is 3. The van der Waals surface area contributed by atoms with Crippen molar-refractivity contribution in [3.05, 3.63) is 35.6 Å². The molecule has 1 aliphatic rings. The summed E-state index contributed by atoms with van der Waals surface area (Å²) in [6.07, 6.45) is 0. The van der Waals surface area contributed by atoms with Crippen LogP contribution in [0.5, 0.6) is 0 Å². The zero-order chi connectivity index (χ0) is 12.3. The van der Waals surface area contributed by atoms with Crippen molar-refractivity contribution >= 4 is 5.91 Å². The highest BCUT2D eigenvalue weighted by molar-refractivity contribution is 5.79. The Hall–Kier alpha value is -1.46. The molecular weight excluding hydrogens is 221 g/mol. The fourth-order valence-corrected chi connectivity index (χ4v) is 1.88. The first-order valence-electron chi connectivity index (χ1n) is 5.68. The lowest BCUT2D eigenvalue weighted by molar-refractivity contribution is -0.124. The number of rotatable bonds is 3. The summed E-state index contributed by atoms with van der Waals surface area (Å²) in [5.74, 6) is -0.455. The predicted molar refractivity (Wildman–Crippen MR) is 62.3 cm³/mol. The second kappa shape index (κ2) is 5.25. The molecule has 3 N–H and O–H groups in total. The van der Waals surface area contributed by atoms with Gasteiger partial charge in [-0.05, 0) is 13.0 Å². The molecule has 0 bridgehead atoms. The molecule has 5 heteroatoms. The average Bonchev–Trinajstić information content (AvgIpc) is 2.74. The maximum absolute atomic E-state index is 13.3. The first-order chi connectivity index (χ1) is 8.18. The maximum atomic E-state index is 13.3. The number of carbonyl (C=O) groups excluding carboxylic acids is 1. The number of halogens is 1. The molecule has 1 aliphatic heterocycles. The Kier molecular flexibility index (Phi) is 3.71. The van der Waals surface area contributed by atoms with Crippen LogP contribution in [0.3, 0.4) is 0 Å². The fraction of sp³-hybridized carbons (Fsp3) is 0.417. The van der Waals surface area contributed by atoms with Crippen LogP contribution >= 0.6 is 0 Å². The molecule has 1 aromatic rings. The lowest BCUT2D eigenvalue weighted by atomic mass is 10.0. The molecule has 2 atom stereocenters. The lowest BCUT2D eigenvalue weighted by Gasteiger charge is -2.13. The molecular formula is C12H16FN3O. The topological polar surface area (TPSA) is 53.2 Å². The summed E-state index contributed by atoms with van der Waals surface area (Å²) in [5, 5.41) is 2.75. The van der Waals surface area contributed by atoms with Gasteiger partial charge in [0.15, 0.2) is 0 Å². The molecule has 1 amide bonds. The third-order valence-electron chi connectivity index (χ3n) is 3.00. The van der Waals surface area contributed by atoms with Gasteiger partial charge in [-0.15, -0.1) is 0 Å². The molecule has 4 nitrogen and oxygen atoms in total. The van der Waals surface area contributed by atoms with E-state index in [-0.39, 0.29) is 30.2 Å². The van der Waals surface area contributed by atoms with Crippen molar-refractivity contribution in [2.45, 2.75) is 19.5 Å². The van der Waals surface area contributed by atoms with Crippen molar-refractivity contribution in [1.29, 1.82) is 0 Å².